The molecule has 0 atom stereocenters. The molecule has 1 saturated heterocycles. The zero-order chi connectivity index (χ0) is 18.0. The van der Waals surface area contributed by atoms with Gasteiger partial charge in [-0.2, -0.15) is 17.7 Å². The van der Waals surface area contributed by atoms with Crippen LogP contribution in [-0.2, 0) is 26.7 Å². The molecule has 0 bridgehead atoms. The summed E-state index contributed by atoms with van der Waals surface area (Å²) in [5.41, 5.74) is 0. The Balaban J connectivity index is 1.86. The molecule has 0 amide bonds. The van der Waals surface area contributed by atoms with E-state index in [2.05, 4.69) is 14.9 Å². The average Bonchev–Trinajstić information content (AvgIpc) is 2.95. The summed E-state index contributed by atoms with van der Waals surface area (Å²) in [5, 5.41) is 3.94. The molecule has 24 heavy (non-hydrogen) atoms. The van der Waals surface area contributed by atoms with Gasteiger partial charge in [0.15, 0.2) is 5.82 Å². The lowest BCUT2D eigenvalue weighted by atomic mass is 9.97. The van der Waals surface area contributed by atoms with Crippen LogP contribution in [0.5, 0.6) is 0 Å². The SMILES string of the molecule is CN(C)S(=O)(=O)NCCc1nc(C2CCN(S(C)(=O)=O)CC2)no1. The molecule has 2 rings (SSSR count). The fraction of sp³-hybridized carbons (Fsp3) is 0.833. The van der Waals surface area contributed by atoms with Crippen molar-refractivity contribution >= 4 is 20.2 Å². The van der Waals surface area contributed by atoms with Gasteiger partial charge in [-0.1, -0.05) is 5.16 Å². The van der Waals surface area contributed by atoms with E-state index in [0.29, 0.717) is 44.1 Å². The molecule has 0 aliphatic carbocycles. The van der Waals surface area contributed by atoms with Crippen LogP contribution in [0, 0.1) is 0 Å². The molecular formula is C12H23N5O5S2. The standard InChI is InChI=1S/C12H23N5O5S2/c1-16(2)24(20,21)13-7-4-11-14-12(15-22-11)10-5-8-17(9-6-10)23(3,18)19/h10,13H,4-9H2,1-3H3. The van der Waals surface area contributed by atoms with Crippen LogP contribution in [0.4, 0.5) is 0 Å². The van der Waals surface area contributed by atoms with E-state index in [0.717, 1.165) is 4.31 Å². The van der Waals surface area contributed by atoms with E-state index in [9.17, 15) is 16.8 Å². The van der Waals surface area contributed by atoms with E-state index >= 15 is 0 Å². The number of piperidine rings is 1. The van der Waals surface area contributed by atoms with Gasteiger partial charge in [0.05, 0.1) is 6.26 Å². The van der Waals surface area contributed by atoms with E-state index in [4.69, 9.17) is 4.52 Å². The van der Waals surface area contributed by atoms with Crippen molar-refractivity contribution in [2.45, 2.75) is 25.2 Å². The molecule has 1 aromatic rings. The molecule has 0 radical (unpaired) electrons. The number of aromatic nitrogens is 2. The second-order valence-electron chi connectivity index (χ2n) is 5.91. The van der Waals surface area contributed by atoms with Crippen LogP contribution >= 0.6 is 0 Å². The van der Waals surface area contributed by atoms with Gasteiger partial charge < -0.3 is 4.52 Å². The van der Waals surface area contributed by atoms with Gasteiger partial charge in [0.2, 0.25) is 15.9 Å². The minimum absolute atomic E-state index is 0.0546. The first-order chi connectivity index (χ1) is 11.1. The van der Waals surface area contributed by atoms with Gasteiger partial charge in [0.1, 0.15) is 0 Å². The molecule has 1 aromatic heterocycles. The Morgan fingerprint density at radius 2 is 1.88 bits per heavy atom. The van der Waals surface area contributed by atoms with Crippen LogP contribution in [0.1, 0.15) is 30.5 Å². The third-order valence-corrected chi connectivity index (χ3v) is 6.71. The molecule has 2 heterocycles. The van der Waals surface area contributed by atoms with Gasteiger partial charge in [-0.05, 0) is 12.8 Å². The van der Waals surface area contributed by atoms with Crippen molar-refractivity contribution in [2.24, 2.45) is 0 Å². The minimum atomic E-state index is -3.47. The van der Waals surface area contributed by atoms with Crippen molar-refractivity contribution in [1.29, 1.82) is 0 Å². The average molecular weight is 381 g/mol. The first kappa shape index (κ1) is 19.2. The summed E-state index contributed by atoms with van der Waals surface area (Å²) >= 11 is 0. The summed E-state index contributed by atoms with van der Waals surface area (Å²) in [7, 11) is -3.75. The van der Waals surface area contributed by atoms with Gasteiger partial charge in [-0.15, -0.1) is 0 Å². The molecule has 0 aromatic carbocycles. The molecule has 1 aliphatic rings. The Kier molecular flexibility index (Phi) is 5.96. The molecule has 1 aliphatic heterocycles. The topological polar surface area (TPSA) is 126 Å². The Hall–Kier alpha value is -1.08. The molecule has 1 N–H and O–H groups in total. The van der Waals surface area contributed by atoms with Crippen molar-refractivity contribution in [3.8, 4) is 0 Å². The van der Waals surface area contributed by atoms with Crippen molar-refractivity contribution < 1.29 is 21.4 Å². The fourth-order valence-corrected chi connectivity index (χ4v) is 3.89. The lowest BCUT2D eigenvalue weighted by Gasteiger charge is -2.28. The largest absolute Gasteiger partial charge is 0.339 e. The molecule has 0 spiro atoms. The quantitative estimate of drug-likeness (QED) is 0.652. The second kappa shape index (κ2) is 7.44. The van der Waals surface area contributed by atoms with E-state index in [1.54, 1.807) is 0 Å². The zero-order valence-corrected chi connectivity index (χ0v) is 15.6. The lowest BCUT2D eigenvalue weighted by Crippen LogP contribution is -2.37. The van der Waals surface area contributed by atoms with Crippen LogP contribution in [0.3, 0.4) is 0 Å². The van der Waals surface area contributed by atoms with Gasteiger partial charge >= 0.3 is 0 Å². The molecule has 10 nitrogen and oxygen atoms in total. The lowest BCUT2D eigenvalue weighted by molar-refractivity contribution is 0.306. The van der Waals surface area contributed by atoms with Gasteiger partial charge in [-0.3, -0.25) is 0 Å². The van der Waals surface area contributed by atoms with E-state index in [-0.39, 0.29) is 12.5 Å². The summed E-state index contributed by atoms with van der Waals surface area (Å²) in [5.74, 6) is 0.963. The summed E-state index contributed by atoms with van der Waals surface area (Å²) < 4.78 is 56.2. The van der Waals surface area contributed by atoms with Crippen LogP contribution in [0.2, 0.25) is 0 Å². The molecule has 0 saturated carbocycles. The molecule has 0 unspecified atom stereocenters. The van der Waals surface area contributed by atoms with Crippen LogP contribution in [0.15, 0.2) is 4.52 Å². The third kappa shape index (κ3) is 4.96. The zero-order valence-electron chi connectivity index (χ0n) is 14.0. The second-order valence-corrected chi connectivity index (χ2v) is 9.87. The summed E-state index contributed by atoms with van der Waals surface area (Å²) in [4.78, 5) is 4.29. The van der Waals surface area contributed by atoms with E-state index in [1.807, 2.05) is 0 Å². The van der Waals surface area contributed by atoms with Crippen LogP contribution in [-0.4, -0.2) is 75.6 Å². The van der Waals surface area contributed by atoms with Gasteiger partial charge in [-0.25, -0.2) is 17.4 Å². The maximum absolute atomic E-state index is 11.6. The first-order valence-corrected chi connectivity index (χ1v) is 10.8. The number of rotatable bonds is 7. The molecule has 138 valence electrons. The van der Waals surface area contributed by atoms with Crippen molar-refractivity contribution in [1.82, 2.24) is 23.5 Å². The van der Waals surface area contributed by atoms with Crippen LogP contribution < -0.4 is 4.72 Å². The number of nitrogens with one attached hydrogen (secondary N) is 1. The van der Waals surface area contributed by atoms with Crippen molar-refractivity contribution in [2.75, 3.05) is 40.0 Å². The molecule has 12 heteroatoms. The van der Waals surface area contributed by atoms with Crippen molar-refractivity contribution in [3.63, 3.8) is 0 Å². The maximum atomic E-state index is 11.6. The maximum Gasteiger partial charge on any atom is 0.278 e. The van der Waals surface area contributed by atoms with Crippen molar-refractivity contribution in [3.05, 3.63) is 11.7 Å². The third-order valence-electron chi connectivity index (χ3n) is 3.88. The summed E-state index contributed by atoms with van der Waals surface area (Å²) in [6, 6.07) is 0. The summed E-state index contributed by atoms with van der Waals surface area (Å²) in [6.07, 6.45) is 2.77. The number of hydrogen-bond acceptors (Lipinski definition) is 7. The Bertz CT molecular complexity index is 751. The number of hydrogen-bond donors (Lipinski definition) is 1. The minimum Gasteiger partial charge on any atom is -0.339 e. The predicted molar refractivity (Wildman–Crippen MR) is 87.0 cm³/mol. The normalized spacial score (nSPS) is 18.3. The van der Waals surface area contributed by atoms with E-state index in [1.165, 1.54) is 24.7 Å². The number of sulfonamides is 1. The Morgan fingerprint density at radius 1 is 1.25 bits per heavy atom. The highest BCUT2D eigenvalue weighted by Gasteiger charge is 2.28. The smallest absolute Gasteiger partial charge is 0.278 e. The highest BCUT2D eigenvalue weighted by atomic mass is 32.2. The fourth-order valence-electron chi connectivity index (χ4n) is 2.40. The summed E-state index contributed by atoms with van der Waals surface area (Å²) in [6.45, 7) is 1.04. The first-order valence-electron chi connectivity index (χ1n) is 7.54. The monoisotopic (exact) mass is 381 g/mol. The highest BCUT2D eigenvalue weighted by molar-refractivity contribution is 7.88. The number of nitrogens with zero attached hydrogens (tertiary/aromatic N) is 4. The Labute approximate surface area is 142 Å². The van der Waals surface area contributed by atoms with Gasteiger partial charge in [0.25, 0.3) is 10.2 Å². The molecule has 1 fully saturated rings. The Morgan fingerprint density at radius 3 is 2.42 bits per heavy atom. The highest BCUT2D eigenvalue weighted by Crippen LogP contribution is 2.26. The van der Waals surface area contributed by atoms with Gasteiger partial charge in [0, 0.05) is 46.1 Å². The van der Waals surface area contributed by atoms with Crippen LogP contribution in [0.25, 0.3) is 0 Å². The van der Waals surface area contributed by atoms with E-state index < -0.39 is 20.2 Å². The molecular weight excluding hydrogens is 358 g/mol. The predicted octanol–water partition coefficient (Wildman–Crippen LogP) is -0.853.